The van der Waals surface area contributed by atoms with Gasteiger partial charge in [0.1, 0.15) is 12.4 Å². The van der Waals surface area contributed by atoms with Gasteiger partial charge in [-0.2, -0.15) is 5.10 Å². The molecule has 1 fully saturated rings. The lowest BCUT2D eigenvalue weighted by molar-refractivity contribution is -0.133. The number of rotatable bonds is 8. The molecule has 2 aromatic carbocycles. The average molecular weight is 524 g/mol. The molecule has 1 unspecified atom stereocenters. The fourth-order valence-corrected chi connectivity index (χ4v) is 4.69. The number of ether oxygens (including phenoxy) is 1. The van der Waals surface area contributed by atoms with E-state index < -0.39 is 0 Å². The highest BCUT2D eigenvalue weighted by Crippen LogP contribution is 2.33. The summed E-state index contributed by atoms with van der Waals surface area (Å²) >= 11 is 0. The van der Waals surface area contributed by atoms with E-state index in [2.05, 4.69) is 23.2 Å². The molecule has 38 heavy (non-hydrogen) atoms. The van der Waals surface area contributed by atoms with E-state index in [9.17, 15) is 14.0 Å². The van der Waals surface area contributed by atoms with Gasteiger partial charge in [0.25, 0.3) is 5.91 Å². The molecule has 0 radical (unpaired) electrons. The first kappa shape index (κ1) is 27.7. The molecule has 9 heteroatoms. The second-order valence-electron chi connectivity index (χ2n) is 10.3. The number of hydrazone groups is 1. The molecule has 4 rings (SSSR count). The molecular weight excluding hydrogens is 485 g/mol. The smallest absolute Gasteiger partial charge is 0.318 e. The van der Waals surface area contributed by atoms with Gasteiger partial charge in [0.2, 0.25) is 0 Å². The van der Waals surface area contributed by atoms with Crippen LogP contribution in [0.4, 0.5) is 9.18 Å². The molecule has 8 nitrogen and oxygen atoms in total. The molecule has 0 saturated carbocycles. The summed E-state index contributed by atoms with van der Waals surface area (Å²) in [6, 6.07) is 11.6. The number of morpholine rings is 1. The lowest BCUT2D eigenvalue weighted by Gasteiger charge is -2.31. The Bertz CT molecular complexity index is 1160. The summed E-state index contributed by atoms with van der Waals surface area (Å²) in [6.07, 6.45) is 0.506. The maximum atomic E-state index is 13.7. The third kappa shape index (κ3) is 6.96. The van der Waals surface area contributed by atoms with E-state index in [-0.39, 0.29) is 36.4 Å². The quantitative estimate of drug-likeness (QED) is 0.570. The Kier molecular flexibility index (Phi) is 9.12. The van der Waals surface area contributed by atoms with Crippen LogP contribution < -0.4 is 5.32 Å². The van der Waals surface area contributed by atoms with Crippen molar-refractivity contribution in [3.05, 3.63) is 70.5 Å². The van der Waals surface area contributed by atoms with Crippen molar-refractivity contribution in [1.29, 1.82) is 0 Å². The predicted octanol–water partition coefficient (Wildman–Crippen LogP) is 3.87. The van der Waals surface area contributed by atoms with Crippen molar-refractivity contribution in [2.75, 3.05) is 45.9 Å². The summed E-state index contributed by atoms with van der Waals surface area (Å²) in [4.78, 5) is 30.6. The van der Waals surface area contributed by atoms with Crippen LogP contribution in [-0.4, -0.2) is 84.4 Å². The van der Waals surface area contributed by atoms with Gasteiger partial charge in [-0.25, -0.2) is 14.2 Å². The van der Waals surface area contributed by atoms with E-state index in [0.717, 1.165) is 35.5 Å². The van der Waals surface area contributed by atoms with Crippen molar-refractivity contribution in [2.45, 2.75) is 46.2 Å². The van der Waals surface area contributed by atoms with Gasteiger partial charge >= 0.3 is 6.03 Å². The van der Waals surface area contributed by atoms with Crippen LogP contribution in [0.25, 0.3) is 0 Å². The predicted molar refractivity (Wildman–Crippen MR) is 146 cm³/mol. The Labute approximate surface area is 224 Å². The zero-order chi connectivity index (χ0) is 27.2. The van der Waals surface area contributed by atoms with Crippen molar-refractivity contribution in [3.63, 3.8) is 0 Å². The van der Waals surface area contributed by atoms with Crippen LogP contribution in [0.2, 0.25) is 0 Å². The number of nitrogens with zero attached hydrogens (tertiary/aromatic N) is 4. The van der Waals surface area contributed by atoms with Crippen LogP contribution in [0.1, 0.15) is 48.6 Å². The lowest BCUT2D eigenvalue weighted by atomic mass is 9.96. The largest absolute Gasteiger partial charge is 0.379 e. The van der Waals surface area contributed by atoms with Gasteiger partial charge in [0.05, 0.1) is 25.0 Å². The number of halogens is 1. The zero-order valence-corrected chi connectivity index (χ0v) is 22.7. The first-order valence-electron chi connectivity index (χ1n) is 13.3. The standard InChI is InChI=1S/C29H38FN5O3/c1-20(2)31-29(37)34(12-11-33-13-15-38-16-14-33)19-28(36)35-27(23-7-9-25(30)10-8-23)18-26(32-35)24-6-5-21(3)22(4)17-24/h5-10,17,20,27H,11-16,18-19H2,1-4H3,(H,31,37). The van der Waals surface area contributed by atoms with Gasteiger partial charge in [-0.3, -0.25) is 9.69 Å². The first-order chi connectivity index (χ1) is 18.2. The average Bonchev–Trinajstić information content (AvgIpc) is 3.34. The summed E-state index contributed by atoms with van der Waals surface area (Å²) in [7, 11) is 0. The highest BCUT2D eigenvalue weighted by molar-refractivity contribution is 6.03. The lowest BCUT2D eigenvalue weighted by Crippen LogP contribution is -2.50. The van der Waals surface area contributed by atoms with Gasteiger partial charge in [0, 0.05) is 38.6 Å². The second kappa shape index (κ2) is 12.5. The third-order valence-corrected chi connectivity index (χ3v) is 7.08. The fraction of sp³-hybridized carbons (Fsp3) is 0.483. The number of carbonyl (C=O) groups excluding carboxylic acids is 2. The summed E-state index contributed by atoms with van der Waals surface area (Å²) < 4.78 is 19.1. The van der Waals surface area contributed by atoms with Gasteiger partial charge in [0.15, 0.2) is 0 Å². The van der Waals surface area contributed by atoms with Gasteiger partial charge in [-0.15, -0.1) is 0 Å². The molecule has 0 bridgehead atoms. The minimum Gasteiger partial charge on any atom is -0.379 e. The molecule has 0 spiro atoms. The Balaban J connectivity index is 1.57. The number of hydrogen-bond acceptors (Lipinski definition) is 5. The van der Waals surface area contributed by atoms with E-state index in [0.29, 0.717) is 32.7 Å². The van der Waals surface area contributed by atoms with Crippen molar-refractivity contribution in [2.24, 2.45) is 5.10 Å². The maximum Gasteiger partial charge on any atom is 0.318 e. The highest BCUT2D eigenvalue weighted by atomic mass is 19.1. The van der Waals surface area contributed by atoms with Crippen LogP contribution >= 0.6 is 0 Å². The second-order valence-corrected chi connectivity index (χ2v) is 10.3. The highest BCUT2D eigenvalue weighted by Gasteiger charge is 2.34. The van der Waals surface area contributed by atoms with E-state index in [1.807, 2.05) is 32.9 Å². The third-order valence-electron chi connectivity index (χ3n) is 7.08. The van der Waals surface area contributed by atoms with Crippen LogP contribution in [0.5, 0.6) is 0 Å². The fourth-order valence-electron chi connectivity index (χ4n) is 4.69. The maximum absolute atomic E-state index is 13.7. The molecule has 0 aliphatic carbocycles. The zero-order valence-electron chi connectivity index (χ0n) is 22.7. The Morgan fingerprint density at radius 1 is 1.11 bits per heavy atom. The number of nitrogens with one attached hydrogen (secondary N) is 1. The number of urea groups is 1. The first-order valence-corrected chi connectivity index (χ1v) is 13.3. The van der Waals surface area contributed by atoms with Gasteiger partial charge in [-0.05, 0) is 68.1 Å². The van der Waals surface area contributed by atoms with Crippen LogP contribution in [-0.2, 0) is 9.53 Å². The van der Waals surface area contributed by atoms with Gasteiger partial charge < -0.3 is 15.0 Å². The van der Waals surface area contributed by atoms with E-state index in [1.165, 1.54) is 22.7 Å². The van der Waals surface area contributed by atoms with Crippen molar-refractivity contribution in [3.8, 4) is 0 Å². The van der Waals surface area contributed by atoms with Gasteiger partial charge in [-0.1, -0.05) is 24.3 Å². The van der Waals surface area contributed by atoms with E-state index >= 15 is 0 Å². The molecular formula is C29H38FN5O3. The van der Waals surface area contributed by atoms with E-state index in [4.69, 9.17) is 9.84 Å². The summed E-state index contributed by atoms with van der Waals surface area (Å²) in [5.41, 5.74) is 4.88. The molecule has 1 saturated heterocycles. The topological polar surface area (TPSA) is 77.5 Å². The molecule has 2 aromatic rings. The Hall–Kier alpha value is -3.30. The molecule has 0 aromatic heterocycles. The molecule has 1 N–H and O–H groups in total. The van der Waals surface area contributed by atoms with E-state index in [1.54, 1.807) is 17.0 Å². The normalized spacial score (nSPS) is 18.0. The van der Waals surface area contributed by atoms with Crippen LogP contribution in [0.15, 0.2) is 47.6 Å². The van der Waals surface area contributed by atoms with Crippen LogP contribution in [0, 0.1) is 19.7 Å². The van der Waals surface area contributed by atoms with Crippen LogP contribution in [0.3, 0.4) is 0 Å². The Morgan fingerprint density at radius 2 is 1.82 bits per heavy atom. The molecule has 1 atom stereocenters. The number of aryl methyl sites for hydroxylation is 2. The number of benzene rings is 2. The molecule has 2 aliphatic rings. The Morgan fingerprint density at radius 3 is 2.47 bits per heavy atom. The molecule has 204 valence electrons. The van der Waals surface area contributed by atoms with Crippen molar-refractivity contribution in [1.82, 2.24) is 20.1 Å². The minimum atomic E-state index is -0.381. The van der Waals surface area contributed by atoms with Crippen molar-refractivity contribution >= 4 is 17.6 Å². The molecule has 2 heterocycles. The minimum absolute atomic E-state index is 0.0587. The SMILES string of the molecule is Cc1ccc(C2=NN(C(=O)CN(CCN3CCOCC3)C(=O)NC(C)C)C(c3ccc(F)cc3)C2)cc1C. The summed E-state index contributed by atoms with van der Waals surface area (Å²) in [5, 5.41) is 9.15. The van der Waals surface area contributed by atoms with Crippen molar-refractivity contribution < 1.29 is 18.7 Å². The summed E-state index contributed by atoms with van der Waals surface area (Å²) in [6.45, 7) is 11.8. The number of carbonyl (C=O) groups is 2. The molecule has 2 aliphatic heterocycles. The molecule has 3 amide bonds. The summed E-state index contributed by atoms with van der Waals surface area (Å²) in [5.74, 6) is -0.612. The number of amides is 3. The number of hydrogen-bond donors (Lipinski definition) is 1. The monoisotopic (exact) mass is 523 g/mol.